The van der Waals surface area contributed by atoms with E-state index in [4.69, 9.17) is 4.98 Å². The van der Waals surface area contributed by atoms with Gasteiger partial charge in [-0.2, -0.15) is 0 Å². The van der Waals surface area contributed by atoms with Crippen LogP contribution in [-0.2, 0) is 4.79 Å². The van der Waals surface area contributed by atoms with E-state index in [-0.39, 0.29) is 11.9 Å². The molecule has 5 rings (SSSR count). The molecule has 4 aromatic rings. The molecule has 1 atom stereocenters. The van der Waals surface area contributed by atoms with Gasteiger partial charge in [0, 0.05) is 55.7 Å². The molecule has 3 aromatic heterocycles. The summed E-state index contributed by atoms with van der Waals surface area (Å²) in [6.45, 7) is 9.65. The second-order valence-electron chi connectivity index (χ2n) is 9.42. The number of hydrogen-bond donors (Lipinski definition) is 3. The standard InChI is InChI=1S/C27H32N8O/c1-17-15-30-27(32-22-9-6-10-28-18(22)2)33-24(17)21-16-29-25-20(21)7-5-8-23(25)31-26(36)19(3)35-13-11-34(4)12-14-35/h5-10,15-16,19,29H,11-14H2,1-4H3,(H,31,36)(H,30,32,33)/t19-/m1/s1. The Bertz CT molecular complexity index is 1390. The first-order chi connectivity index (χ1) is 17.4. The van der Waals surface area contributed by atoms with Gasteiger partial charge in [0.15, 0.2) is 0 Å². The van der Waals surface area contributed by atoms with E-state index in [2.05, 4.69) is 42.4 Å². The minimum absolute atomic E-state index is 0.000235. The number of pyridine rings is 1. The quantitative estimate of drug-likeness (QED) is 0.381. The number of nitrogens with one attached hydrogen (secondary N) is 3. The number of carbonyl (C=O) groups is 1. The van der Waals surface area contributed by atoms with Gasteiger partial charge in [-0.25, -0.2) is 9.97 Å². The molecule has 4 heterocycles. The van der Waals surface area contributed by atoms with E-state index in [1.165, 1.54) is 0 Å². The van der Waals surface area contributed by atoms with Gasteiger partial charge in [0.05, 0.1) is 34.3 Å². The van der Waals surface area contributed by atoms with Gasteiger partial charge in [-0.15, -0.1) is 0 Å². The second kappa shape index (κ2) is 10.0. The summed E-state index contributed by atoms with van der Waals surface area (Å²) in [7, 11) is 2.11. The second-order valence-corrected chi connectivity index (χ2v) is 9.42. The topological polar surface area (TPSA) is 102 Å². The highest BCUT2D eigenvalue weighted by Gasteiger charge is 2.25. The molecule has 1 amide bonds. The largest absolute Gasteiger partial charge is 0.359 e. The van der Waals surface area contributed by atoms with Crippen LogP contribution in [0, 0.1) is 13.8 Å². The van der Waals surface area contributed by atoms with Crippen molar-refractivity contribution in [2.24, 2.45) is 0 Å². The van der Waals surface area contributed by atoms with E-state index in [1.54, 1.807) is 6.20 Å². The number of benzene rings is 1. The molecular formula is C27H32N8O. The normalized spacial score (nSPS) is 15.7. The fraction of sp³-hybridized carbons (Fsp3) is 0.333. The summed E-state index contributed by atoms with van der Waals surface area (Å²) in [6, 6.07) is 9.57. The Balaban J connectivity index is 1.41. The number of aromatic amines is 1. The third-order valence-corrected chi connectivity index (χ3v) is 6.92. The highest BCUT2D eigenvalue weighted by Crippen LogP contribution is 2.33. The fourth-order valence-electron chi connectivity index (χ4n) is 4.58. The van der Waals surface area contributed by atoms with Crippen LogP contribution in [0.25, 0.3) is 22.2 Å². The van der Waals surface area contributed by atoms with Gasteiger partial charge >= 0.3 is 0 Å². The molecule has 1 fully saturated rings. The Morgan fingerprint density at radius 3 is 2.61 bits per heavy atom. The fourth-order valence-corrected chi connectivity index (χ4v) is 4.58. The summed E-state index contributed by atoms with van der Waals surface area (Å²) < 4.78 is 0. The van der Waals surface area contributed by atoms with Crippen molar-refractivity contribution in [3.63, 3.8) is 0 Å². The molecule has 0 spiro atoms. The van der Waals surface area contributed by atoms with Crippen molar-refractivity contribution < 1.29 is 4.79 Å². The zero-order chi connectivity index (χ0) is 25.2. The number of amides is 1. The maximum atomic E-state index is 13.1. The first-order valence-electron chi connectivity index (χ1n) is 12.3. The van der Waals surface area contributed by atoms with Crippen molar-refractivity contribution in [1.29, 1.82) is 0 Å². The predicted molar refractivity (Wildman–Crippen MR) is 143 cm³/mol. The number of likely N-dealkylation sites (N-methyl/N-ethyl adjacent to an activating group) is 1. The van der Waals surface area contributed by atoms with E-state index in [0.717, 1.165) is 71.0 Å². The van der Waals surface area contributed by atoms with Gasteiger partial charge in [-0.1, -0.05) is 12.1 Å². The van der Waals surface area contributed by atoms with Crippen LogP contribution in [0.2, 0.25) is 0 Å². The van der Waals surface area contributed by atoms with Gasteiger partial charge in [0.1, 0.15) is 0 Å². The molecule has 1 aliphatic heterocycles. The number of rotatable bonds is 6. The monoisotopic (exact) mass is 484 g/mol. The van der Waals surface area contributed by atoms with Gasteiger partial charge in [0.25, 0.3) is 0 Å². The average molecular weight is 485 g/mol. The van der Waals surface area contributed by atoms with Gasteiger partial charge in [0.2, 0.25) is 11.9 Å². The minimum atomic E-state index is -0.197. The number of nitrogens with zero attached hydrogens (tertiary/aromatic N) is 5. The van der Waals surface area contributed by atoms with E-state index in [0.29, 0.717) is 5.95 Å². The summed E-state index contributed by atoms with van der Waals surface area (Å²) in [4.78, 5) is 34.6. The van der Waals surface area contributed by atoms with Crippen molar-refractivity contribution in [2.45, 2.75) is 26.8 Å². The lowest BCUT2D eigenvalue weighted by atomic mass is 10.1. The molecule has 9 heteroatoms. The maximum Gasteiger partial charge on any atom is 0.241 e. The number of aromatic nitrogens is 4. The number of carbonyl (C=O) groups excluding carboxylic acids is 1. The van der Waals surface area contributed by atoms with Crippen molar-refractivity contribution >= 4 is 34.1 Å². The molecule has 186 valence electrons. The smallest absolute Gasteiger partial charge is 0.241 e. The van der Waals surface area contributed by atoms with E-state index in [9.17, 15) is 4.79 Å². The highest BCUT2D eigenvalue weighted by molar-refractivity contribution is 6.06. The Labute approximate surface area is 211 Å². The Morgan fingerprint density at radius 1 is 1.06 bits per heavy atom. The first kappa shape index (κ1) is 23.9. The molecule has 1 saturated heterocycles. The summed E-state index contributed by atoms with van der Waals surface area (Å²) in [6.07, 6.45) is 5.52. The zero-order valence-corrected chi connectivity index (χ0v) is 21.2. The summed E-state index contributed by atoms with van der Waals surface area (Å²) in [5.74, 6) is 0.506. The van der Waals surface area contributed by atoms with Crippen LogP contribution in [0.1, 0.15) is 18.2 Å². The molecule has 9 nitrogen and oxygen atoms in total. The molecule has 1 aliphatic rings. The number of aryl methyl sites for hydroxylation is 2. The molecule has 0 aliphatic carbocycles. The number of fused-ring (bicyclic) bond motifs is 1. The number of H-pyrrole nitrogens is 1. The third kappa shape index (κ3) is 4.80. The van der Waals surface area contributed by atoms with Gasteiger partial charge in [-0.05, 0) is 51.6 Å². The van der Waals surface area contributed by atoms with Crippen LogP contribution >= 0.6 is 0 Å². The summed E-state index contributed by atoms with van der Waals surface area (Å²) in [5.41, 5.74) is 6.13. The number of anilines is 3. The maximum absolute atomic E-state index is 13.1. The lowest BCUT2D eigenvalue weighted by molar-refractivity contribution is -0.121. The van der Waals surface area contributed by atoms with Crippen LogP contribution in [0.4, 0.5) is 17.3 Å². The van der Waals surface area contributed by atoms with Crippen LogP contribution in [0.15, 0.2) is 48.9 Å². The van der Waals surface area contributed by atoms with Crippen LogP contribution in [0.5, 0.6) is 0 Å². The number of para-hydroxylation sites is 1. The van der Waals surface area contributed by atoms with Crippen LogP contribution in [-0.4, -0.2) is 74.9 Å². The minimum Gasteiger partial charge on any atom is -0.359 e. The SMILES string of the molecule is Cc1cnc(Nc2cccnc2C)nc1-c1c[nH]c2c(NC(=O)[C@@H](C)N3CCN(C)CC3)cccc12. The summed E-state index contributed by atoms with van der Waals surface area (Å²) >= 11 is 0. The van der Waals surface area contributed by atoms with Crippen LogP contribution < -0.4 is 10.6 Å². The number of hydrogen-bond acceptors (Lipinski definition) is 7. The zero-order valence-electron chi connectivity index (χ0n) is 21.2. The number of piperazine rings is 1. The van der Waals surface area contributed by atoms with E-state index < -0.39 is 0 Å². The molecule has 0 saturated carbocycles. The Hall–Kier alpha value is -3.82. The Kier molecular flexibility index (Phi) is 6.67. The molecule has 0 radical (unpaired) electrons. The van der Waals surface area contributed by atoms with Crippen LogP contribution in [0.3, 0.4) is 0 Å². The summed E-state index contributed by atoms with van der Waals surface area (Å²) in [5, 5.41) is 7.41. The molecular weight excluding hydrogens is 452 g/mol. The lowest BCUT2D eigenvalue weighted by Crippen LogP contribution is -2.51. The van der Waals surface area contributed by atoms with Crippen molar-refractivity contribution in [2.75, 3.05) is 43.9 Å². The van der Waals surface area contributed by atoms with E-state index >= 15 is 0 Å². The highest BCUT2D eigenvalue weighted by atomic mass is 16.2. The Morgan fingerprint density at radius 2 is 1.83 bits per heavy atom. The molecule has 3 N–H and O–H groups in total. The van der Waals surface area contributed by atoms with Gasteiger partial charge < -0.3 is 20.5 Å². The average Bonchev–Trinajstić information content (AvgIpc) is 3.31. The van der Waals surface area contributed by atoms with Crippen molar-refractivity contribution in [3.05, 3.63) is 60.2 Å². The molecule has 36 heavy (non-hydrogen) atoms. The predicted octanol–water partition coefficient (Wildman–Crippen LogP) is 3.95. The lowest BCUT2D eigenvalue weighted by Gasteiger charge is -2.35. The first-order valence-corrected chi connectivity index (χ1v) is 12.3. The van der Waals surface area contributed by atoms with Crippen molar-refractivity contribution in [3.8, 4) is 11.3 Å². The van der Waals surface area contributed by atoms with Crippen molar-refractivity contribution in [1.82, 2.24) is 29.7 Å². The third-order valence-electron chi connectivity index (χ3n) is 6.92. The van der Waals surface area contributed by atoms with E-state index in [1.807, 2.05) is 63.5 Å². The molecule has 0 unspecified atom stereocenters. The molecule has 0 bridgehead atoms. The van der Waals surface area contributed by atoms with Gasteiger partial charge in [-0.3, -0.25) is 14.7 Å². The molecule has 1 aromatic carbocycles.